The summed E-state index contributed by atoms with van der Waals surface area (Å²) >= 11 is 0. The van der Waals surface area contributed by atoms with Crippen molar-refractivity contribution < 1.29 is 14.3 Å². The van der Waals surface area contributed by atoms with Crippen molar-refractivity contribution in [3.05, 3.63) is 23.8 Å². The summed E-state index contributed by atoms with van der Waals surface area (Å²) in [4.78, 5) is 12.1. The van der Waals surface area contributed by atoms with Gasteiger partial charge in [0.25, 0.3) is 5.91 Å². The van der Waals surface area contributed by atoms with E-state index in [1.807, 2.05) is 13.8 Å². The predicted molar refractivity (Wildman–Crippen MR) is 74.7 cm³/mol. The molecule has 2 atom stereocenters. The maximum absolute atomic E-state index is 12.1. The molecule has 19 heavy (non-hydrogen) atoms. The van der Waals surface area contributed by atoms with E-state index in [-0.39, 0.29) is 17.9 Å². The summed E-state index contributed by atoms with van der Waals surface area (Å²) in [6.07, 6.45) is 0. The number of carbonyl (C=O) groups is 1. The summed E-state index contributed by atoms with van der Waals surface area (Å²) in [5.74, 6) is 1.23. The third-order valence-corrected chi connectivity index (χ3v) is 3.20. The number of benzene rings is 1. The molecule has 0 saturated carbocycles. The SMILES string of the molecule is COc1cc(OC)cc(C(=O)NC(C)C(C)CN)c1. The van der Waals surface area contributed by atoms with Gasteiger partial charge in [0.2, 0.25) is 0 Å². The topological polar surface area (TPSA) is 73.6 Å². The highest BCUT2D eigenvalue weighted by atomic mass is 16.5. The van der Waals surface area contributed by atoms with E-state index in [9.17, 15) is 4.79 Å². The lowest BCUT2D eigenvalue weighted by molar-refractivity contribution is 0.0929. The van der Waals surface area contributed by atoms with E-state index in [2.05, 4.69) is 5.32 Å². The number of hydrogen-bond donors (Lipinski definition) is 2. The molecule has 1 aromatic carbocycles. The molecule has 0 spiro atoms. The van der Waals surface area contributed by atoms with Gasteiger partial charge in [0.1, 0.15) is 11.5 Å². The first kappa shape index (κ1) is 15.3. The molecule has 2 unspecified atom stereocenters. The second-order valence-electron chi connectivity index (χ2n) is 4.58. The molecule has 0 aliphatic rings. The van der Waals surface area contributed by atoms with Gasteiger partial charge < -0.3 is 20.5 Å². The minimum Gasteiger partial charge on any atom is -0.497 e. The molecule has 5 heteroatoms. The molecule has 5 nitrogen and oxygen atoms in total. The maximum atomic E-state index is 12.1. The molecule has 0 fully saturated rings. The van der Waals surface area contributed by atoms with Crippen LogP contribution in [0.25, 0.3) is 0 Å². The fraction of sp³-hybridized carbons (Fsp3) is 0.500. The molecule has 0 aliphatic carbocycles. The van der Waals surface area contributed by atoms with Crippen molar-refractivity contribution in [1.82, 2.24) is 5.32 Å². The van der Waals surface area contributed by atoms with Crippen LogP contribution in [0.1, 0.15) is 24.2 Å². The van der Waals surface area contributed by atoms with Gasteiger partial charge in [-0.3, -0.25) is 4.79 Å². The van der Waals surface area contributed by atoms with Crippen LogP contribution in [0.3, 0.4) is 0 Å². The predicted octanol–water partition coefficient (Wildman–Crippen LogP) is 1.42. The Balaban J connectivity index is 2.87. The van der Waals surface area contributed by atoms with Crippen molar-refractivity contribution >= 4 is 5.91 Å². The van der Waals surface area contributed by atoms with Crippen molar-refractivity contribution in [3.8, 4) is 11.5 Å². The molecule has 0 aromatic heterocycles. The van der Waals surface area contributed by atoms with Crippen LogP contribution in [-0.2, 0) is 0 Å². The van der Waals surface area contributed by atoms with Crippen LogP contribution in [0, 0.1) is 5.92 Å². The molecule has 1 rings (SSSR count). The third kappa shape index (κ3) is 4.13. The summed E-state index contributed by atoms with van der Waals surface area (Å²) in [7, 11) is 3.10. The highest BCUT2D eigenvalue weighted by Gasteiger charge is 2.16. The fourth-order valence-corrected chi connectivity index (χ4v) is 1.58. The highest BCUT2D eigenvalue weighted by Crippen LogP contribution is 2.22. The molecule has 0 aliphatic heterocycles. The van der Waals surface area contributed by atoms with Crippen LogP contribution in [0.4, 0.5) is 0 Å². The summed E-state index contributed by atoms with van der Waals surface area (Å²) in [5.41, 5.74) is 6.09. The number of carbonyl (C=O) groups excluding carboxylic acids is 1. The van der Waals surface area contributed by atoms with Gasteiger partial charge in [-0.15, -0.1) is 0 Å². The zero-order valence-corrected chi connectivity index (χ0v) is 11.9. The molecular formula is C14H22N2O3. The lowest BCUT2D eigenvalue weighted by atomic mass is 10.0. The van der Waals surface area contributed by atoms with Crippen molar-refractivity contribution in [2.75, 3.05) is 20.8 Å². The van der Waals surface area contributed by atoms with Crippen LogP contribution >= 0.6 is 0 Å². The molecule has 1 aromatic rings. The highest BCUT2D eigenvalue weighted by molar-refractivity contribution is 5.95. The Bertz CT molecular complexity index is 412. The van der Waals surface area contributed by atoms with Gasteiger partial charge in [0.05, 0.1) is 14.2 Å². The Kier molecular flexibility index (Phi) is 5.63. The summed E-state index contributed by atoms with van der Waals surface area (Å²) < 4.78 is 10.3. The quantitative estimate of drug-likeness (QED) is 0.816. The number of methoxy groups -OCH3 is 2. The molecule has 0 heterocycles. The third-order valence-electron chi connectivity index (χ3n) is 3.20. The molecule has 3 N–H and O–H groups in total. The normalized spacial score (nSPS) is 13.5. The van der Waals surface area contributed by atoms with E-state index in [0.29, 0.717) is 23.6 Å². The van der Waals surface area contributed by atoms with E-state index in [1.165, 1.54) is 0 Å². The Labute approximate surface area is 114 Å². The minimum absolute atomic E-state index is 0.00898. The van der Waals surface area contributed by atoms with E-state index in [1.54, 1.807) is 32.4 Å². The molecule has 106 valence electrons. The summed E-state index contributed by atoms with van der Waals surface area (Å²) in [6.45, 7) is 4.47. The Hall–Kier alpha value is -1.75. The van der Waals surface area contributed by atoms with Crippen LogP contribution in [0.5, 0.6) is 11.5 Å². The first-order chi connectivity index (χ1) is 9.01. The van der Waals surface area contributed by atoms with Crippen molar-refractivity contribution in [2.24, 2.45) is 11.7 Å². The largest absolute Gasteiger partial charge is 0.497 e. The van der Waals surface area contributed by atoms with E-state index in [4.69, 9.17) is 15.2 Å². The number of nitrogens with two attached hydrogens (primary N) is 1. The Morgan fingerprint density at radius 1 is 1.21 bits per heavy atom. The average Bonchev–Trinajstić information content (AvgIpc) is 2.45. The van der Waals surface area contributed by atoms with Crippen molar-refractivity contribution in [1.29, 1.82) is 0 Å². The molecule has 0 bridgehead atoms. The Morgan fingerprint density at radius 2 is 1.74 bits per heavy atom. The number of hydrogen-bond acceptors (Lipinski definition) is 4. The summed E-state index contributed by atoms with van der Waals surface area (Å²) in [6, 6.07) is 5.09. The van der Waals surface area contributed by atoms with Crippen LogP contribution in [0.15, 0.2) is 18.2 Å². The number of ether oxygens (including phenoxy) is 2. The van der Waals surface area contributed by atoms with Crippen molar-refractivity contribution in [3.63, 3.8) is 0 Å². The first-order valence-electron chi connectivity index (χ1n) is 6.25. The van der Waals surface area contributed by atoms with E-state index in [0.717, 1.165) is 0 Å². The van der Waals surface area contributed by atoms with Gasteiger partial charge in [-0.2, -0.15) is 0 Å². The van der Waals surface area contributed by atoms with Gasteiger partial charge in [-0.1, -0.05) is 6.92 Å². The van der Waals surface area contributed by atoms with Crippen molar-refractivity contribution in [2.45, 2.75) is 19.9 Å². The molecule has 0 saturated heterocycles. The van der Waals surface area contributed by atoms with Gasteiger partial charge in [-0.05, 0) is 31.5 Å². The summed E-state index contributed by atoms with van der Waals surface area (Å²) in [5, 5.41) is 2.92. The monoisotopic (exact) mass is 266 g/mol. The molecule has 1 amide bonds. The smallest absolute Gasteiger partial charge is 0.251 e. The number of rotatable bonds is 6. The molecule has 0 radical (unpaired) electrons. The van der Waals surface area contributed by atoms with Crippen LogP contribution in [-0.4, -0.2) is 32.7 Å². The maximum Gasteiger partial charge on any atom is 0.251 e. The van der Waals surface area contributed by atoms with Crippen LogP contribution in [0.2, 0.25) is 0 Å². The van der Waals surface area contributed by atoms with Gasteiger partial charge in [0, 0.05) is 17.7 Å². The lowest BCUT2D eigenvalue weighted by Gasteiger charge is -2.20. The minimum atomic E-state index is -0.162. The van der Waals surface area contributed by atoms with E-state index < -0.39 is 0 Å². The zero-order chi connectivity index (χ0) is 14.4. The lowest BCUT2D eigenvalue weighted by Crippen LogP contribution is -2.39. The molecular weight excluding hydrogens is 244 g/mol. The zero-order valence-electron chi connectivity index (χ0n) is 11.9. The second kappa shape index (κ2) is 6.99. The fourth-order valence-electron chi connectivity index (χ4n) is 1.58. The number of amides is 1. The first-order valence-corrected chi connectivity index (χ1v) is 6.25. The van der Waals surface area contributed by atoms with E-state index >= 15 is 0 Å². The van der Waals surface area contributed by atoms with Gasteiger partial charge in [-0.25, -0.2) is 0 Å². The standard InChI is InChI=1S/C14H22N2O3/c1-9(8-15)10(2)16-14(17)11-5-12(18-3)7-13(6-11)19-4/h5-7,9-10H,8,15H2,1-4H3,(H,16,17). The van der Waals surface area contributed by atoms with Gasteiger partial charge in [0.15, 0.2) is 0 Å². The average molecular weight is 266 g/mol. The number of nitrogens with one attached hydrogen (secondary N) is 1. The Morgan fingerprint density at radius 3 is 2.16 bits per heavy atom. The van der Waals surface area contributed by atoms with Crippen LogP contribution < -0.4 is 20.5 Å². The van der Waals surface area contributed by atoms with Gasteiger partial charge >= 0.3 is 0 Å². The second-order valence-corrected chi connectivity index (χ2v) is 4.58.